The molecule has 0 amide bonds. The molecule has 0 radical (unpaired) electrons. The summed E-state index contributed by atoms with van der Waals surface area (Å²) >= 11 is 0. The molecule has 0 spiro atoms. The van der Waals surface area contributed by atoms with Crippen LogP contribution in [0.2, 0.25) is 0 Å². The van der Waals surface area contributed by atoms with E-state index >= 15 is 0 Å². The Morgan fingerprint density at radius 1 is 0.968 bits per heavy atom. The summed E-state index contributed by atoms with van der Waals surface area (Å²) in [6.45, 7) is 14.7. The van der Waals surface area contributed by atoms with Gasteiger partial charge in [-0.3, -0.25) is 0 Å². The van der Waals surface area contributed by atoms with Gasteiger partial charge in [0.15, 0.2) is 0 Å². The molecule has 0 aromatic heterocycles. The number of rotatable bonds is 6. The van der Waals surface area contributed by atoms with Gasteiger partial charge in [-0.1, -0.05) is 66.0 Å². The Morgan fingerprint density at radius 2 is 1.71 bits per heavy atom. The zero-order valence-electron chi connectivity index (χ0n) is 21.2. The van der Waals surface area contributed by atoms with Crippen LogP contribution in [-0.4, -0.2) is 22.4 Å². The average molecular weight is 431 g/mol. The lowest BCUT2D eigenvalue weighted by molar-refractivity contribution is -0.0972. The highest BCUT2D eigenvalue weighted by atomic mass is 16.3. The molecule has 0 saturated heterocycles. The monoisotopic (exact) mass is 430 g/mol. The minimum absolute atomic E-state index is 0.202. The molecule has 0 aliphatic heterocycles. The van der Waals surface area contributed by atoms with Crippen LogP contribution in [-0.2, 0) is 0 Å². The van der Waals surface area contributed by atoms with Gasteiger partial charge in [0, 0.05) is 0 Å². The first-order valence-corrected chi connectivity index (χ1v) is 13.7. The Kier molecular flexibility index (Phi) is 6.75. The second-order valence-electron chi connectivity index (χ2n) is 13.0. The molecule has 0 unspecified atom stereocenters. The van der Waals surface area contributed by atoms with Crippen molar-refractivity contribution < 1.29 is 10.2 Å². The molecule has 0 aromatic rings. The van der Waals surface area contributed by atoms with Crippen LogP contribution in [0.4, 0.5) is 0 Å². The van der Waals surface area contributed by atoms with Gasteiger partial charge in [-0.05, 0) is 104 Å². The number of hydrogen-bond acceptors (Lipinski definition) is 2. The van der Waals surface area contributed by atoms with E-state index in [9.17, 15) is 10.2 Å². The summed E-state index contributed by atoms with van der Waals surface area (Å²) in [6, 6.07) is 0. The third kappa shape index (κ3) is 3.96. The smallest absolute Gasteiger partial charge is 0.0757 e. The van der Waals surface area contributed by atoms with Gasteiger partial charge in [-0.25, -0.2) is 0 Å². The van der Waals surface area contributed by atoms with E-state index in [1.807, 2.05) is 0 Å². The molecule has 10 atom stereocenters. The van der Waals surface area contributed by atoms with Crippen LogP contribution < -0.4 is 0 Å². The highest BCUT2D eigenvalue weighted by Gasteiger charge is 2.61. The molecule has 2 heteroatoms. The molecular formula is C29H50O2. The molecule has 4 aliphatic carbocycles. The zero-order valence-corrected chi connectivity index (χ0v) is 21.2. The van der Waals surface area contributed by atoms with Crippen molar-refractivity contribution in [3.05, 3.63) is 11.6 Å². The predicted octanol–water partition coefficient (Wildman–Crippen LogP) is 7.00. The average Bonchev–Trinajstić information content (AvgIpc) is 3.06. The zero-order chi connectivity index (χ0) is 22.6. The third-order valence-electron chi connectivity index (χ3n) is 11.3. The van der Waals surface area contributed by atoms with E-state index in [1.165, 1.54) is 50.5 Å². The van der Waals surface area contributed by atoms with E-state index in [-0.39, 0.29) is 17.6 Å². The van der Waals surface area contributed by atoms with Crippen LogP contribution in [0.25, 0.3) is 0 Å². The minimum Gasteiger partial charge on any atom is -0.393 e. The van der Waals surface area contributed by atoms with Crippen LogP contribution in [0.1, 0.15) is 106 Å². The fourth-order valence-electron chi connectivity index (χ4n) is 9.29. The van der Waals surface area contributed by atoms with Crippen LogP contribution in [0.15, 0.2) is 11.6 Å². The second-order valence-corrected chi connectivity index (χ2v) is 13.0. The molecule has 3 saturated carbocycles. The Balaban J connectivity index is 1.52. The Bertz CT molecular complexity index is 668. The van der Waals surface area contributed by atoms with Crippen molar-refractivity contribution in [1.29, 1.82) is 0 Å². The van der Waals surface area contributed by atoms with Gasteiger partial charge in [-0.15, -0.1) is 0 Å². The van der Waals surface area contributed by atoms with Crippen molar-refractivity contribution in [3.63, 3.8) is 0 Å². The van der Waals surface area contributed by atoms with E-state index in [1.54, 1.807) is 0 Å². The van der Waals surface area contributed by atoms with Crippen LogP contribution in [0.5, 0.6) is 0 Å². The molecule has 0 aromatic carbocycles. The molecule has 31 heavy (non-hydrogen) atoms. The van der Waals surface area contributed by atoms with Crippen molar-refractivity contribution in [2.75, 3.05) is 0 Å². The van der Waals surface area contributed by atoms with Crippen LogP contribution in [0.3, 0.4) is 0 Å². The molecule has 0 bridgehead atoms. The van der Waals surface area contributed by atoms with E-state index in [2.05, 4.69) is 47.6 Å². The first-order valence-electron chi connectivity index (χ1n) is 13.7. The summed E-state index contributed by atoms with van der Waals surface area (Å²) in [7, 11) is 0. The van der Waals surface area contributed by atoms with E-state index in [0.717, 1.165) is 42.9 Å². The Hall–Kier alpha value is -0.340. The van der Waals surface area contributed by atoms with Crippen molar-refractivity contribution >= 4 is 0 Å². The van der Waals surface area contributed by atoms with Gasteiger partial charge in [0.2, 0.25) is 0 Å². The quantitative estimate of drug-likeness (QED) is 0.446. The molecule has 3 fully saturated rings. The highest BCUT2D eigenvalue weighted by Crippen LogP contribution is 2.67. The van der Waals surface area contributed by atoms with Crippen molar-refractivity contribution in [2.24, 2.45) is 52.3 Å². The summed E-state index contributed by atoms with van der Waals surface area (Å²) in [4.78, 5) is 0. The van der Waals surface area contributed by atoms with Crippen molar-refractivity contribution in [3.8, 4) is 0 Å². The lowest BCUT2D eigenvalue weighted by Gasteiger charge is -2.59. The molecule has 0 heterocycles. The molecular weight excluding hydrogens is 380 g/mol. The lowest BCUT2D eigenvalue weighted by Crippen LogP contribution is -2.54. The first kappa shape index (κ1) is 23.8. The van der Waals surface area contributed by atoms with Gasteiger partial charge >= 0.3 is 0 Å². The summed E-state index contributed by atoms with van der Waals surface area (Å²) in [5.74, 6) is 4.99. The topological polar surface area (TPSA) is 40.5 Å². The van der Waals surface area contributed by atoms with E-state index < -0.39 is 0 Å². The first-order chi connectivity index (χ1) is 14.6. The van der Waals surface area contributed by atoms with Crippen molar-refractivity contribution in [2.45, 2.75) is 118 Å². The lowest BCUT2D eigenvalue weighted by atomic mass is 9.46. The molecule has 4 rings (SSSR count). The van der Waals surface area contributed by atoms with E-state index in [4.69, 9.17) is 0 Å². The SMILES string of the molecule is CC[C@@H](CC[C@@H](C)[C@H]1CC[C@H]2[C@@H]3[C@@H](O)C=C4C[C@@H](O)CC[C@]4(C)[C@H]3CC[C@]12C)C(C)C. The number of hydrogen-bond donors (Lipinski definition) is 2. The molecule has 4 aliphatic rings. The van der Waals surface area contributed by atoms with Gasteiger partial charge < -0.3 is 10.2 Å². The summed E-state index contributed by atoms with van der Waals surface area (Å²) in [5, 5.41) is 21.6. The fraction of sp³-hybridized carbons (Fsp3) is 0.931. The van der Waals surface area contributed by atoms with Crippen LogP contribution >= 0.6 is 0 Å². The van der Waals surface area contributed by atoms with Crippen LogP contribution in [0, 0.1) is 52.3 Å². The van der Waals surface area contributed by atoms with Gasteiger partial charge in [0.25, 0.3) is 0 Å². The molecule has 2 N–H and O–H groups in total. The standard InChI is InChI=1S/C29H50O2/c1-7-20(18(2)3)9-8-19(4)23-10-11-24-27-25(13-15-29(23,24)6)28(5)14-12-22(30)16-21(28)17-26(27)31/h17-20,22-27,30-31H,7-16H2,1-6H3/t19-,20+,22+,23-,24+,25+,26+,27+,28+,29-/m1/s1. The number of aliphatic hydroxyl groups excluding tert-OH is 2. The normalized spacial score (nSPS) is 46.7. The summed E-state index contributed by atoms with van der Waals surface area (Å²) < 4.78 is 0. The highest BCUT2D eigenvalue weighted by molar-refractivity contribution is 5.27. The third-order valence-corrected chi connectivity index (χ3v) is 11.3. The van der Waals surface area contributed by atoms with E-state index in [0.29, 0.717) is 23.2 Å². The largest absolute Gasteiger partial charge is 0.393 e. The van der Waals surface area contributed by atoms with Crippen molar-refractivity contribution in [1.82, 2.24) is 0 Å². The maximum absolute atomic E-state index is 11.3. The maximum atomic E-state index is 11.3. The van der Waals surface area contributed by atoms with Gasteiger partial charge in [0.05, 0.1) is 12.2 Å². The molecule has 178 valence electrons. The second kappa shape index (κ2) is 8.79. The molecule has 2 nitrogen and oxygen atoms in total. The minimum atomic E-state index is -0.303. The predicted molar refractivity (Wildman–Crippen MR) is 130 cm³/mol. The number of fused-ring (bicyclic) bond motifs is 5. The number of aliphatic hydroxyl groups is 2. The van der Waals surface area contributed by atoms with Gasteiger partial charge in [-0.2, -0.15) is 0 Å². The van der Waals surface area contributed by atoms with Gasteiger partial charge in [0.1, 0.15) is 0 Å². The summed E-state index contributed by atoms with van der Waals surface area (Å²) in [5.41, 5.74) is 1.97. The maximum Gasteiger partial charge on any atom is 0.0757 e. The fourth-order valence-corrected chi connectivity index (χ4v) is 9.29. The Morgan fingerprint density at radius 3 is 2.39 bits per heavy atom. The Labute approximate surface area is 192 Å². The summed E-state index contributed by atoms with van der Waals surface area (Å²) in [6.07, 6.45) is 13.9.